The Morgan fingerprint density at radius 1 is 1.05 bits per heavy atom. The number of hydrogen-bond acceptors (Lipinski definition) is 6. The molecule has 0 saturated carbocycles. The molecule has 1 unspecified atom stereocenters. The Labute approximate surface area is 247 Å². The number of benzene rings is 3. The number of nitrogens with one attached hydrogen (secondary N) is 3. The average Bonchev–Trinajstić information content (AvgIpc) is 3.49. The lowest BCUT2D eigenvalue weighted by atomic mass is 10.0. The molecule has 1 atom stereocenters. The van der Waals surface area contributed by atoms with E-state index in [0.717, 1.165) is 37.2 Å². The molecule has 3 N–H and O–H groups in total. The van der Waals surface area contributed by atoms with Crippen molar-refractivity contribution in [2.45, 2.75) is 24.9 Å². The third kappa shape index (κ3) is 5.70. The Morgan fingerprint density at radius 2 is 1.85 bits per heavy atom. The van der Waals surface area contributed by atoms with Crippen molar-refractivity contribution in [3.05, 3.63) is 112 Å². The zero-order valence-corrected chi connectivity index (χ0v) is 23.4. The van der Waals surface area contributed by atoms with Gasteiger partial charge in [-0.3, -0.25) is 4.98 Å². The number of rotatable bonds is 7. The number of pyridine rings is 1. The summed E-state index contributed by atoms with van der Waals surface area (Å²) in [6, 6.07) is 20.3. The summed E-state index contributed by atoms with van der Waals surface area (Å²) in [5, 5.41) is 21.2. The molecule has 2 aromatic heterocycles. The van der Waals surface area contributed by atoms with Gasteiger partial charge in [0, 0.05) is 34.5 Å². The summed E-state index contributed by atoms with van der Waals surface area (Å²) in [6.45, 7) is 1.98. The Balaban J connectivity index is 1.42. The molecule has 0 bridgehead atoms. The van der Waals surface area contributed by atoms with Gasteiger partial charge >= 0.3 is 0 Å². The molecule has 0 amide bonds. The van der Waals surface area contributed by atoms with Gasteiger partial charge in [0.1, 0.15) is 11.9 Å². The van der Waals surface area contributed by atoms with Crippen LogP contribution in [0.3, 0.4) is 0 Å². The number of piperidine rings is 1. The van der Waals surface area contributed by atoms with E-state index in [-0.39, 0.29) is 11.1 Å². The van der Waals surface area contributed by atoms with Gasteiger partial charge in [-0.25, -0.2) is 9.37 Å². The quantitative estimate of drug-likeness (QED) is 0.182. The van der Waals surface area contributed by atoms with Crippen LogP contribution in [0.25, 0.3) is 10.9 Å². The molecule has 206 valence electrons. The summed E-state index contributed by atoms with van der Waals surface area (Å²) in [5.74, 6) is -0.526. The van der Waals surface area contributed by atoms with Gasteiger partial charge in [-0.15, -0.1) is 0 Å². The molecule has 3 heterocycles. The third-order valence-electron chi connectivity index (χ3n) is 7.33. The zero-order valence-electron chi connectivity index (χ0n) is 21.9. The predicted molar refractivity (Wildman–Crippen MR) is 161 cm³/mol. The Morgan fingerprint density at radius 3 is 2.61 bits per heavy atom. The maximum atomic E-state index is 13.8. The molecule has 41 heavy (non-hydrogen) atoms. The number of hydrogen-bond donors (Lipinski definition) is 3. The fourth-order valence-corrected chi connectivity index (χ4v) is 5.65. The summed E-state index contributed by atoms with van der Waals surface area (Å²) in [4.78, 5) is 9.45. The van der Waals surface area contributed by atoms with E-state index in [2.05, 4.69) is 49.9 Å². The van der Waals surface area contributed by atoms with Crippen LogP contribution in [-0.4, -0.2) is 27.6 Å². The van der Waals surface area contributed by atoms with Gasteiger partial charge in [0.05, 0.1) is 45.5 Å². The van der Waals surface area contributed by atoms with Crippen molar-refractivity contribution in [3.63, 3.8) is 0 Å². The number of anilines is 3. The van der Waals surface area contributed by atoms with Crippen LogP contribution in [0.2, 0.25) is 10.0 Å². The second kappa shape index (κ2) is 11.8. The van der Waals surface area contributed by atoms with Crippen molar-refractivity contribution in [2.75, 3.05) is 23.7 Å². The van der Waals surface area contributed by atoms with E-state index >= 15 is 0 Å². The van der Waals surface area contributed by atoms with Crippen molar-refractivity contribution in [1.82, 2.24) is 19.9 Å². The van der Waals surface area contributed by atoms with Crippen molar-refractivity contribution in [3.8, 4) is 6.07 Å². The standard InChI is InChI=1S/C31H26Cl2FN7/c32-21-12-24-29(39-22-6-7-26(34)25(33)14-22)20(15-35)16-37-31(24)27(13-21)40-30(19-4-2-1-3-5-19)28-17-41(18-38-28)23-8-10-36-11-9-23/h1-7,12-14,16-18,23,30,36,40H,8-11H2,(H,37,39). The van der Waals surface area contributed by atoms with Crippen LogP contribution in [0.1, 0.15) is 41.7 Å². The fourth-order valence-electron chi connectivity index (χ4n) is 5.25. The maximum absolute atomic E-state index is 13.8. The third-order valence-corrected chi connectivity index (χ3v) is 7.83. The van der Waals surface area contributed by atoms with Crippen LogP contribution in [0, 0.1) is 17.1 Å². The van der Waals surface area contributed by atoms with E-state index in [1.54, 1.807) is 12.1 Å². The maximum Gasteiger partial charge on any atom is 0.141 e. The smallest absolute Gasteiger partial charge is 0.141 e. The predicted octanol–water partition coefficient (Wildman–Crippen LogP) is 7.62. The van der Waals surface area contributed by atoms with E-state index in [9.17, 15) is 9.65 Å². The lowest BCUT2D eigenvalue weighted by Crippen LogP contribution is -2.29. The van der Waals surface area contributed by atoms with E-state index in [1.165, 1.54) is 18.3 Å². The van der Waals surface area contributed by atoms with Crippen LogP contribution < -0.4 is 16.0 Å². The highest BCUT2D eigenvalue weighted by Crippen LogP contribution is 2.38. The molecule has 5 aromatic rings. The van der Waals surface area contributed by atoms with Gasteiger partial charge in [-0.2, -0.15) is 5.26 Å². The first-order valence-corrected chi connectivity index (χ1v) is 14.1. The molecule has 1 aliphatic heterocycles. The van der Waals surface area contributed by atoms with Gasteiger partial charge in [-0.1, -0.05) is 53.5 Å². The van der Waals surface area contributed by atoms with E-state index < -0.39 is 5.82 Å². The molecular formula is C31H26Cl2FN7. The highest BCUT2D eigenvalue weighted by molar-refractivity contribution is 6.32. The highest BCUT2D eigenvalue weighted by atomic mass is 35.5. The van der Waals surface area contributed by atoms with Gasteiger partial charge in [-0.05, 0) is 61.8 Å². The van der Waals surface area contributed by atoms with Gasteiger partial charge in [0.25, 0.3) is 0 Å². The van der Waals surface area contributed by atoms with Crippen molar-refractivity contribution >= 4 is 51.2 Å². The van der Waals surface area contributed by atoms with Gasteiger partial charge in [0.2, 0.25) is 0 Å². The monoisotopic (exact) mass is 585 g/mol. The number of halogens is 3. The molecule has 0 aliphatic carbocycles. The lowest BCUT2D eigenvalue weighted by molar-refractivity contribution is 0.367. The summed E-state index contributed by atoms with van der Waals surface area (Å²) in [5.41, 5.74) is 4.54. The number of nitrogens with zero attached hydrogens (tertiary/aromatic N) is 4. The molecule has 10 heteroatoms. The summed E-state index contributed by atoms with van der Waals surface area (Å²) in [7, 11) is 0. The SMILES string of the molecule is N#Cc1cnc2c(NC(c3ccccc3)c3cn(C4CCNCC4)cn3)cc(Cl)cc2c1Nc1ccc(F)c(Cl)c1. The summed E-state index contributed by atoms with van der Waals surface area (Å²) < 4.78 is 16.0. The second-order valence-electron chi connectivity index (χ2n) is 9.98. The van der Waals surface area contributed by atoms with Gasteiger partial charge in [0.15, 0.2) is 0 Å². The second-order valence-corrected chi connectivity index (χ2v) is 10.8. The molecule has 1 aliphatic rings. The van der Waals surface area contributed by atoms with Crippen LogP contribution in [0.4, 0.5) is 21.5 Å². The van der Waals surface area contributed by atoms with Crippen LogP contribution in [0.15, 0.2) is 79.4 Å². The van der Waals surface area contributed by atoms with Crippen molar-refractivity contribution in [1.29, 1.82) is 5.26 Å². The fraction of sp³-hybridized carbons (Fsp3) is 0.194. The molecule has 1 fully saturated rings. The van der Waals surface area contributed by atoms with E-state index in [4.69, 9.17) is 28.2 Å². The first-order valence-electron chi connectivity index (χ1n) is 13.3. The van der Waals surface area contributed by atoms with Crippen LogP contribution in [-0.2, 0) is 0 Å². The molecule has 0 radical (unpaired) electrons. The highest BCUT2D eigenvalue weighted by Gasteiger charge is 2.22. The number of nitriles is 1. The molecule has 0 spiro atoms. The molecule has 1 saturated heterocycles. The van der Waals surface area contributed by atoms with Crippen LogP contribution >= 0.6 is 23.2 Å². The lowest BCUT2D eigenvalue weighted by Gasteiger charge is -2.24. The summed E-state index contributed by atoms with van der Waals surface area (Å²) in [6.07, 6.45) is 7.64. The largest absolute Gasteiger partial charge is 0.371 e. The molecule has 6 rings (SSSR count). The van der Waals surface area contributed by atoms with Gasteiger partial charge < -0.3 is 20.5 Å². The minimum atomic E-state index is -0.526. The van der Waals surface area contributed by atoms with Crippen LogP contribution in [0.5, 0.6) is 0 Å². The first-order chi connectivity index (χ1) is 20.0. The first kappa shape index (κ1) is 27.0. The zero-order chi connectivity index (χ0) is 28.3. The van der Waals surface area contributed by atoms with Crippen molar-refractivity contribution < 1.29 is 4.39 Å². The Bertz CT molecular complexity index is 1740. The number of aromatic nitrogens is 3. The normalized spacial score (nSPS) is 14.5. The topological polar surface area (TPSA) is 90.6 Å². The Hall–Kier alpha value is -4.16. The summed E-state index contributed by atoms with van der Waals surface area (Å²) >= 11 is 12.7. The Kier molecular flexibility index (Phi) is 7.75. The minimum absolute atomic E-state index is 0.0260. The molecular weight excluding hydrogens is 560 g/mol. The van der Waals surface area contributed by atoms with E-state index in [0.29, 0.717) is 44.6 Å². The van der Waals surface area contributed by atoms with E-state index in [1.807, 2.05) is 30.6 Å². The van der Waals surface area contributed by atoms with Crippen molar-refractivity contribution in [2.24, 2.45) is 0 Å². The average molecular weight is 587 g/mol. The molecule has 3 aromatic carbocycles. The minimum Gasteiger partial charge on any atom is -0.371 e. The number of imidazole rings is 1. The molecule has 7 nitrogen and oxygen atoms in total. The number of fused-ring (bicyclic) bond motifs is 1.